The molecule has 1 aromatic carbocycles. The Morgan fingerprint density at radius 3 is 2.71 bits per heavy atom. The number of aromatic amines is 1. The maximum atomic E-state index is 12.5. The molecule has 0 saturated heterocycles. The summed E-state index contributed by atoms with van der Waals surface area (Å²) < 4.78 is 5.07. The van der Waals surface area contributed by atoms with Crippen LogP contribution in [0.15, 0.2) is 18.2 Å². The summed E-state index contributed by atoms with van der Waals surface area (Å²) in [5, 5.41) is 16.4. The topological polar surface area (TPSA) is 78.5 Å². The molecule has 0 unspecified atom stereocenters. The Morgan fingerprint density at radius 1 is 1.43 bits per heavy atom. The first-order valence-electron chi connectivity index (χ1n) is 6.57. The highest BCUT2D eigenvalue weighted by molar-refractivity contribution is 5.96. The van der Waals surface area contributed by atoms with Gasteiger partial charge in [-0.3, -0.25) is 9.89 Å². The molecular weight excluding hydrogens is 270 g/mol. The molecule has 0 aliphatic heterocycles. The monoisotopic (exact) mass is 289 g/mol. The van der Waals surface area contributed by atoms with Crippen LogP contribution in [0.1, 0.15) is 27.3 Å². The molecule has 1 amide bonds. The van der Waals surface area contributed by atoms with E-state index in [0.717, 1.165) is 11.3 Å². The average molecular weight is 289 g/mol. The van der Waals surface area contributed by atoms with Crippen LogP contribution in [0.3, 0.4) is 0 Å². The molecule has 112 valence electrons. The highest BCUT2D eigenvalue weighted by Crippen LogP contribution is 2.27. The lowest BCUT2D eigenvalue weighted by Gasteiger charge is -2.18. The molecule has 2 aromatic rings. The van der Waals surface area contributed by atoms with Crippen LogP contribution in [0.4, 0.5) is 0 Å². The first kappa shape index (κ1) is 14.9. The van der Waals surface area contributed by atoms with Crippen molar-refractivity contribution in [3.63, 3.8) is 0 Å². The van der Waals surface area contributed by atoms with E-state index in [1.54, 1.807) is 37.1 Å². The summed E-state index contributed by atoms with van der Waals surface area (Å²) >= 11 is 0. The minimum atomic E-state index is -0.0919. The van der Waals surface area contributed by atoms with E-state index in [1.165, 1.54) is 7.11 Å². The number of aromatic hydroxyl groups is 1. The number of carbonyl (C=O) groups is 1. The van der Waals surface area contributed by atoms with Gasteiger partial charge in [-0.25, -0.2) is 0 Å². The van der Waals surface area contributed by atoms with Crippen LogP contribution in [0.5, 0.6) is 11.5 Å². The summed E-state index contributed by atoms with van der Waals surface area (Å²) in [5.41, 5.74) is 2.92. The maximum absolute atomic E-state index is 12.5. The normalized spacial score (nSPS) is 10.5. The third-order valence-corrected chi connectivity index (χ3v) is 3.35. The first-order valence-corrected chi connectivity index (χ1v) is 6.57. The Kier molecular flexibility index (Phi) is 4.16. The quantitative estimate of drug-likeness (QED) is 0.902. The Labute approximate surface area is 123 Å². The van der Waals surface area contributed by atoms with Gasteiger partial charge < -0.3 is 14.7 Å². The van der Waals surface area contributed by atoms with Crippen LogP contribution in [0.2, 0.25) is 0 Å². The van der Waals surface area contributed by atoms with E-state index in [4.69, 9.17) is 4.74 Å². The van der Waals surface area contributed by atoms with Gasteiger partial charge >= 0.3 is 0 Å². The summed E-state index contributed by atoms with van der Waals surface area (Å²) in [4.78, 5) is 14.1. The largest absolute Gasteiger partial charge is 0.504 e. The molecular formula is C15H19N3O3. The molecule has 6 heteroatoms. The number of ether oxygens (including phenoxy) is 1. The van der Waals surface area contributed by atoms with E-state index in [2.05, 4.69) is 10.2 Å². The number of methoxy groups -OCH3 is 1. The minimum absolute atomic E-state index is 0.0803. The van der Waals surface area contributed by atoms with Gasteiger partial charge in [0.2, 0.25) is 0 Å². The molecule has 1 aromatic heterocycles. The standard InChI is InChI=1S/C15H19N3O3/c1-9-14(10(2)17-16-9)15(20)18(3)8-11-5-6-12(19)13(7-11)21-4/h5-7,19H,8H2,1-4H3,(H,16,17). The second kappa shape index (κ2) is 5.87. The van der Waals surface area contributed by atoms with Gasteiger partial charge in [-0.2, -0.15) is 5.10 Å². The van der Waals surface area contributed by atoms with E-state index >= 15 is 0 Å². The first-order chi connectivity index (χ1) is 9.93. The summed E-state index contributed by atoms with van der Waals surface area (Å²) in [6.07, 6.45) is 0. The van der Waals surface area contributed by atoms with Gasteiger partial charge in [-0.1, -0.05) is 6.07 Å². The number of carbonyl (C=O) groups excluding carboxylic acids is 1. The fourth-order valence-corrected chi connectivity index (χ4v) is 2.22. The van der Waals surface area contributed by atoms with Crippen molar-refractivity contribution in [3.05, 3.63) is 40.7 Å². The van der Waals surface area contributed by atoms with Gasteiger partial charge in [0.1, 0.15) is 0 Å². The van der Waals surface area contributed by atoms with E-state index < -0.39 is 0 Å². The Morgan fingerprint density at radius 2 is 2.14 bits per heavy atom. The predicted octanol–water partition coefficient (Wildman–Crippen LogP) is 2.01. The van der Waals surface area contributed by atoms with Gasteiger partial charge in [0, 0.05) is 19.3 Å². The maximum Gasteiger partial charge on any atom is 0.257 e. The van der Waals surface area contributed by atoms with Gasteiger partial charge in [-0.15, -0.1) is 0 Å². The Balaban J connectivity index is 2.18. The third kappa shape index (κ3) is 2.99. The predicted molar refractivity (Wildman–Crippen MR) is 78.5 cm³/mol. The molecule has 6 nitrogen and oxygen atoms in total. The molecule has 21 heavy (non-hydrogen) atoms. The number of H-pyrrole nitrogens is 1. The Bertz CT molecular complexity index is 645. The third-order valence-electron chi connectivity index (χ3n) is 3.35. The van der Waals surface area contributed by atoms with Crippen molar-refractivity contribution in [2.75, 3.05) is 14.2 Å². The molecule has 0 fully saturated rings. The van der Waals surface area contributed by atoms with Crippen molar-refractivity contribution in [1.29, 1.82) is 0 Å². The van der Waals surface area contributed by atoms with E-state index in [-0.39, 0.29) is 11.7 Å². The van der Waals surface area contributed by atoms with Crippen molar-refractivity contribution >= 4 is 5.91 Å². The molecule has 0 bridgehead atoms. The van der Waals surface area contributed by atoms with Crippen LogP contribution in [-0.4, -0.2) is 40.3 Å². The lowest BCUT2D eigenvalue weighted by molar-refractivity contribution is 0.0783. The van der Waals surface area contributed by atoms with E-state index in [1.807, 2.05) is 6.92 Å². The highest BCUT2D eigenvalue weighted by atomic mass is 16.5. The number of phenolic OH excluding ortho intramolecular Hbond substituents is 1. The smallest absolute Gasteiger partial charge is 0.257 e. The van der Waals surface area contributed by atoms with Gasteiger partial charge in [0.15, 0.2) is 11.5 Å². The molecule has 0 aliphatic carbocycles. The minimum Gasteiger partial charge on any atom is -0.504 e. The van der Waals surface area contributed by atoms with Gasteiger partial charge in [-0.05, 0) is 31.5 Å². The number of nitrogens with zero attached hydrogens (tertiary/aromatic N) is 2. The summed E-state index contributed by atoms with van der Waals surface area (Å²) in [7, 11) is 3.22. The van der Waals surface area contributed by atoms with Crippen LogP contribution in [-0.2, 0) is 6.54 Å². The van der Waals surface area contributed by atoms with Crippen LogP contribution >= 0.6 is 0 Å². The van der Waals surface area contributed by atoms with Gasteiger partial charge in [0.25, 0.3) is 5.91 Å². The lowest BCUT2D eigenvalue weighted by atomic mass is 10.1. The second-order valence-electron chi connectivity index (χ2n) is 4.98. The van der Waals surface area contributed by atoms with Crippen molar-refractivity contribution < 1.29 is 14.6 Å². The molecule has 0 spiro atoms. The van der Waals surface area contributed by atoms with Crippen LogP contribution in [0.25, 0.3) is 0 Å². The van der Waals surface area contributed by atoms with E-state index in [0.29, 0.717) is 23.6 Å². The number of rotatable bonds is 4. The molecule has 0 saturated carbocycles. The number of phenols is 1. The zero-order valence-corrected chi connectivity index (χ0v) is 12.6. The van der Waals surface area contributed by atoms with Crippen LogP contribution < -0.4 is 4.74 Å². The van der Waals surface area contributed by atoms with Crippen molar-refractivity contribution in [3.8, 4) is 11.5 Å². The SMILES string of the molecule is COc1cc(CN(C)C(=O)c2c(C)n[nH]c2C)ccc1O. The molecule has 2 N–H and O–H groups in total. The number of aromatic nitrogens is 2. The average Bonchev–Trinajstić information content (AvgIpc) is 2.79. The fraction of sp³-hybridized carbons (Fsp3) is 0.333. The van der Waals surface area contributed by atoms with E-state index in [9.17, 15) is 9.90 Å². The molecule has 0 atom stereocenters. The number of benzene rings is 1. The molecule has 0 aliphatic rings. The second-order valence-corrected chi connectivity index (χ2v) is 4.98. The number of hydrogen-bond acceptors (Lipinski definition) is 4. The van der Waals surface area contributed by atoms with Crippen molar-refractivity contribution in [2.24, 2.45) is 0 Å². The zero-order valence-electron chi connectivity index (χ0n) is 12.6. The lowest BCUT2D eigenvalue weighted by Crippen LogP contribution is -2.27. The van der Waals surface area contributed by atoms with Crippen molar-refractivity contribution in [2.45, 2.75) is 20.4 Å². The zero-order chi connectivity index (χ0) is 15.6. The molecule has 2 rings (SSSR count). The summed E-state index contributed by atoms with van der Waals surface area (Å²) in [6, 6.07) is 5.03. The molecule has 0 radical (unpaired) electrons. The van der Waals surface area contributed by atoms with Gasteiger partial charge in [0.05, 0.1) is 18.4 Å². The fourth-order valence-electron chi connectivity index (χ4n) is 2.22. The summed E-state index contributed by atoms with van der Waals surface area (Å²) in [6.45, 7) is 4.04. The number of nitrogens with one attached hydrogen (secondary N) is 1. The molecule has 1 heterocycles. The van der Waals surface area contributed by atoms with Crippen LogP contribution in [0, 0.1) is 13.8 Å². The number of hydrogen-bond donors (Lipinski definition) is 2. The Hall–Kier alpha value is -2.50. The van der Waals surface area contributed by atoms with Crippen molar-refractivity contribution in [1.82, 2.24) is 15.1 Å². The highest BCUT2D eigenvalue weighted by Gasteiger charge is 2.19. The number of aryl methyl sites for hydroxylation is 2. The number of amides is 1. The summed E-state index contributed by atoms with van der Waals surface area (Å²) in [5.74, 6) is 0.381.